The van der Waals surface area contributed by atoms with Crippen LogP contribution < -0.4 is 5.32 Å². The Labute approximate surface area is 95.7 Å². The molecule has 1 unspecified atom stereocenters. The molecule has 16 heavy (non-hydrogen) atoms. The van der Waals surface area contributed by atoms with E-state index in [0.29, 0.717) is 18.8 Å². The Morgan fingerprint density at radius 2 is 2.06 bits per heavy atom. The topological polar surface area (TPSA) is 55.4 Å². The van der Waals surface area contributed by atoms with Gasteiger partial charge in [0.15, 0.2) is 0 Å². The summed E-state index contributed by atoms with van der Waals surface area (Å²) < 4.78 is 5.35. The second-order valence-corrected chi connectivity index (χ2v) is 5.79. The summed E-state index contributed by atoms with van der Waals surface area (Å²) in [5, 5.41) is 3.17. The average molecular weight is 225 g/mol. The van der Waals surface area contributed by atoms with Crippen LogP contribution in [-0.2, 0) is 14.3 Å². The molecule has 1 N–H and O–H groups in total. The lowest BCUT2D eigenvalue weighted by Gasteiger charge is -2.24. The van der Waals surface area contributed by atoms with Crippen molar-refractivity contribution in [3.8, 4) is 0 Å². The van der Waals surface area contributed by atoms with Crippen molar-refractivity contribution in [2.24, 2.45) is 11.8 Å². The maximum absolute atomic E-state index is 11.9. The van der Waals surface area contributed by atoms with E-state index in [9.17, 15) is 9.59 Å². The molecule has 1 saturated heterocycles. The maximum atomic E-state index is 11.9. The number of fused-ring (bicyclic) bond motifs is 1. The van der Waals surface area contributed by atoms with Gasteiger partial charge in [0.2, 0.25) is 0 Å². The van der Waals surface area contributed by atoms with E-state index in [0.717, 1.165) is 6.54 Å². The van der Waals surface area contributed by atoms with E-state index in [4.69, 9.17) is 4.74 Å². The van der Waals surface area contributed by atoms with Gasteiger partial charge in [0.25, 0.3) is 0 Å². The van der Waals surface area contributed by atoms with Crippen molar-refractivity contribution in [3.63, 3.8) is 0 Å². The van der Waals surface area contributed by atoms with E-state index in [-0.39, 0.29) is 23.7 Å². The first-order valence-electron chi connectivity index (χ1n) is 5.85. The van der Waals surface area contributed by atoms with Gasteiger partial charge in [-0.15, -0.1) is 0 Å². The first-order chi connectivity index (χ1) is 7.37. The molecular formula is C12H19NO3. The third-order valence-corrected chi connectivity index (χ3v) is 3.25. The fourth-order valence-electron chi connectivity index (χ4n) is 2.62. The molecular weight excluding hydrogens is 206 g/mol. The molecule has 0 bridgehead atoms. The van der Waals surface area contributed by atoms with Crippen molar-refractivity contribution < 1.29 is 14.3 Å². The van der Waals surface area contributed by atoms with Crippen molar-refractivity contribution in [3.05, 3.63) is 0 Å². The Bertz CT molecular complexity index is 319. The van der Waals surface area contributed by atoms with Gasteiger partial charge in [-0.05, 0) is 39.2 Å². The molecule has 2 fully saturated rings. The van der Waals surface area contributed by atoms with Crippen LogP contribution in [0.25, 0.3) is 0 Å². The molecule has 4 nitrogen and oxygen atoms in total. The molecule has 2 rings (SSSR count). The molecule has 2 aliphatic rings. The lowest BCUT2D eigenvalue weighted by Crippen LogP contribution is -2.40. The van der Waals surface area contributed by atoms with Crippen LogP contribution in [0.4, 0.5) is 0 Å². The first-order valence-corrected chi connectivity index (χ1v) is 5.85. The summed E-state index contributed by atoms with van der Waals surface area (Å²) in [6, 6.07) is -0.282. The predicted molar refractivity (Wildman–Crippen MR) is 58.9 cm³/mol. The molecule has 3 atom stereocenters. The molecule has 4 heteroatoms. The number of hydrogen-bond acceptors (Lipinski definition) is 4. The highest BCUT2D eigenvalue weighted by Crippen LogP contribution is 2.36. The predicted octanol–water partition coefficient (Wildman–Crippen LogP) is 0.895. The van der Waals surface area contributed by atoms with E-state index >= 15 is 0 Å². The minimum atomic E-state index is -0.459. The molecule has 0 aromatic rings. The van der Waals surface area contributed by atoms with Crippen molar-refractivity contribution in [1.82, 2.24) is 5.32 Å². The number of carbonyl (C=O) groups is 2. The third-order valence-electron chi connectivity index (χ3n) is 3.25. The number of esters is 1. The van der Waals surface area contributed by atoms with Crippen LogP contribution in [-0.4, -0.2) is 29.9 Å². The molecule has 0 radical (unpaired) electrons. The molecule has 1 saturated carbocycles. The van der Waals surface area contributed by atoms with Crippen LogP contribution >= 0.6 is 0 Å². The third kappa shape index (κ3) is 2.26. The SMILES string of the molecule is CC(C)(C)OC(=O)C1NC[C@@H]2CC(=O)C[C@H]12. The van der Waals surface area contributed by atoms with Gasteiger partial charge in [-0.2, -0.15) is 0 Å². The largest absolute Gasteiger partial charge is 0.459 e. The van der Waals surface area contributed by atoms with Crippen LogP contribution in [0.2, 0.25) is 0 Å². The molecule has 1 aliphatic heterocycles. The minimum Gasteiger partial charge on any atom is -0.459 e. The van der Waals surface area contributed by atoms with Crippen LogP contribution in [0.5, 0.6) is 0 Å². The highest BCUT2D eigenvalue weighted by molar-refractivity contribution is 5.85. The van der Waals surface area contributed by atoms with E-state index in [1.165, 1.54) is 0 Å². The number of Topliss-reactive ketones (excluding diaryl/α,β-unsaturated/α-hetero) is 1. The molecule has 0 spiro atoms. The van der Waals surface area contributed by atoms with E-state index in [1.807, 2.05) is 20.8 Å². The van der Waals surface area contributed by atoms with Gasteiger partial charge in [0.05, 0.1) is 0 Å². The highest BCUT2D eigenvalue weighted by atomic mass is 16.6. The Kier molecular flexibility index (Phi) is 2.78. The second kappa shape index (κ2) is 3.84. The molecule has 1 heterocycles. The molecule has 0 aromatic heterocycles. The summed E-state index contributed by atoms with van der Waals surface area (Å²) >= 11 is 0. The average Bonchev–Trinajstić information content (AvgIpc) is 2.58. The van der Waals surface area contributed by atoms with Gasteiger partial charge in [-0.1, -0.05) is 0 Å². The summed E-state index contributed by atoms with van der Waals surface area (Å²) in [5.41, 5.74) is -0.459. The normalized spacial score (nSPS) is 33.9. The van der Waals surface area contributed by atoms with Gasteiger partial charge in [0.1, 0.15) is 17.4 Å². The van der Waals surface area contributed by atoms with Crippen LogP contribution in [0.1, 0.15) is 33.6 Å². The zero-order valence-corrected chi connectivity index (χ0v) is 10.1. The summed E-state index contributed by atoms with van der Waals surface area (Å²) in [5.74, 6) is 0.562. The number of nitrogens with one attached hydrogen (secondary N) is 1. The summed E-state index contributed by atoms with van der Waals surface area (Å²) in [6.07, 6.45) is 1.15. The number of ketones is 1. The molecule has 0 amide bonds. The Balaban J connectivity index is 2.00. The summed E-state index contributed by atoms with van der Waals surface area (Å²) in [4.78, 5) is 23.2. The Hall–Kier alpha value is -0.900. The van der Waals surface area contributed by atoms with Crippen LogP contribution in [0, 0.1) is 11.8 Å². The van der Waals surface area contributed by atoms with Crippen molar-refractivity contribution in [2.45, 2.75) is 45.3 Å². The Morgan fingerprint density at radius 1 is 1.38 bits per heavy atom. The number of hydrogen-bond donors (Lipinski definition) is 1. The number of carbonyl (C=O) groups excluding carboxylic acids is 2. The second-order valence-electron chi connectivity index (χ2n) is 5.79. The fourth-order valence-corrected chi connectivity index (χ4v) is 2.62. The van der Waals surface area contributed by atoms with E-state index in [1.54, 1.807) is 0 Å². The van der Waals surface area contributed by atoms with Crippen molar-refractivity contribution in [2.75, 3.05) is 6.54 Å². The quantitative estimate of drug-likeness (QED) is 0.673. The summed E-state index contributed by atoms with van der Waals surface area (Å²) in [7, 11) is 0. The number of ether oxygens (including phenoxy) is 1. The van der Waals surface area contributed by atoms with Gasteiger partial charge in [-0.3, -0.25) is 9.59 Å². The smallest absolute Gasteiger partial charge is 0.323 e. The standard InChI is InChI=1S/C12H19NO3/c1-12(2,3)16-11(15)10-9-5-8(14)4-7(9)6-13-10/h7,9-10,13H,4-6H2,1-3H3/t7-,9-,10?/m0/s1. The zero-order valence-electron chi connectivity index (χ0n) is 10.1. The van der Waals surface area contributed by atoms with E-state index in [2.05, 4.69) is 5.32 Å². The van der Waals surface area contributed by atoms with Crippen LogP contribution in [0.3, 0.4) is 0 Å². The molecule has 0 aromatic carbocycles. The first kappa shape index (κ1) is 11.6. The van der Waals surface area contributed by atoms with Gasteiger partial charge >= 0.3 is 5.97 Å². The Morgan fingerprint density at radius 3 is 2.69 bits per heavy atom. The monoisotopic (exact) mass is 225 g/mol. The fraction of sp³-hybridized carbons (Fsp3) is 0.833. The van der Waals surface area contributed by atoms with E-state index < -0.39 is 5.60 Å². The minimum absolute atomic E-state index is 0.155. The lowest BCUT2D eigenvalue weighted by molar-refractivity contribution is -0.158. The number of rotatable bonds is 1. The van der Waals surface area contributed by atoms with Gasteiger partial charge < -0.3 is 10.1 Å². The lowest BCUT2D eigenvalue weighted by atomic mass is 9.94. The van der Waals surface area contributed by atoms with Gasteiger partial charge in [0, 0.05) is 12.8 Å². The van der Waals surface area contributed by atoms with Crippen LogP contribution in [0.15, 0.2) is 0 Å². The van der Waals surface area contributed by atoms with Crippen molar-refractivity contribution >= 4 is 11.8 Å². The molecule has 90 valence electrons. The van der Waals surface area contributed by atoms with Gasteiger partial charge in [-0.25, -0.2) is 0 Å². The highest BCUT2D eigenvalue weighted by Gasteiger charge is 2.46. The zero-order chi connectivity index (χ0) is 11.9. The summed E-state index contributed by atoms with van der Waals surface area (Å²) in [6.45, 7) is 6.34. The molecule has 1 aliphatic carbocycles. The van der Waals surface area contributed by atoms with Crippen molar-refractivity contribution in [1.29, 1.82) is 0 Å². The maximum Gasteiger partial charge on any atom is 0.323 e.